The topological polar surface area (TPSA) is 72.0 Å². The lowest BCUT2D eigenvalue weighted by Crippen LogP contribution is -2.38. The molecule has 1 aromatic rings. The highest BCUT2D eigenvalue weighted by Crippen LogP contribution is 2.32. The van der Waals surface area contributed by atoms with Gasteiger partial charge in [-0.2, -0.15) is 0 Å². The molecule has 3 rings (SSSR count). The lowest BCUT2D eigenvalue weighted by Gasteiger charge is -2.26. The molecule has 8 heteroatoms. The third-order valence-electron chi connectivity index (χ3n) is 3.92. The van der Waals surface area contributed by atoms with Gasteiger partial charge < -0.3 is 19.3 Å². The van der Waals surface area contributed by atoms with Gasteiger partial charge in [-0.3, -0.25) is 0 Å². The van der Waals surface area contributed by atoms with Gasteiger partial charge in [-0.15, -0.1) is 0 Å². The molecule has 0 saturated heterocycles. The number of thiazole rings is 1. The van der Waals surface area contributed by atoms with Crippen molar-refractivity contribution in [2.45, 2.75) is 33.3 Å². The summed E-state index contributed by atoms with van der Waals surface area (Å²) in [5.74, 6) is -0.331. The van der Waals surface area contributed by atoms with Gasteiger partial charge in [-0.1, -0.05) is 11.3 Å². The first-order valence-corrected chi connectivity index (χ1v) is 9.14. The molecule has 0 aromatic carbocycles. The predicted molar refractivity (Wildman–Crippen MR) is 95.1 cm³/mol. The lowest BCUT2D eigenvalue weighted by molar-refractivity contribution is 0.0297. The number of hydrogen-bond acceptors (Lipinski definition) is 7. The van der Waals surface area contributed by atoms with E-state index in [1.165, 1.54) is 22.5 Å². The lowest BCUT2D eigenvalue weighted by atomic mass is 10.2. The van der Waals surface area contributed by atoms with Crippen molar-refractivity contribution in [3.63, 3.8) is 0 Å². The molecule has 0 spiro atoms. The Kier molecular flexibility index (Phi) is 4.73. The van der Waals surface area contributed by atoms with Crippen molar-refractivity contribution >= 4 is 28.5 Å². The molecule has 0 radical (unpaired) electrons. The van der Waals surface area contributed by atoms with Crippen LogP contribution in [0.3, 0.4) is 0 Å². The van der Waals surface area contributed by atoms with Crippen molar-refractivity contribution in [3.05, 3.63) is 22.2 Å². The van der Waals surface area contributed by atoms with Crippen molar-refractivity contribution in [2.24, 2.45) is 0 Å². The second-order valence-electron chi connectivity index (χ2n) is 7.13. The first-order valence-electron chi connectivity index (χ1n) is 8.32. The van der Waals surface area contributed by atoms with E-state index in [-0.39, 0.29) is 12.1 Å². The number of carbonyl (C=O) groups excluding carboxylic acids is 2. The Hall–Kier alpha value is -2.09. The molecule has 0 bridgehead atoms. The highest BCUT2D eigenvalue weighted by atomic mass is 32.1. The smallest absolute Gasteiger partial charge is 0.410 e. The van der Waals surface area contributed by atoms with E-state index >= 15 is 0 Å². The van der Waals surface area contributed by atoms with E-state index in [1.54, 1.807) is 18.0 Å². The van der Waals surface area contributed by atoms with Gasteiger partial charge in [0.25, 0.3) is 0 Å². The molecule has 2 aliphatic heterocycles. The Morgan fingerprint density at radius 2 is 1.84 bits per heavy atom. The summed E-state index contributed by atoms with van der Waals surface area (Å²) >= 11 is 1.34. The van der Waals surface area contributed by atoms with E-state index in [1.807, 2.05) is 20.8 Å². The molecule has 25 heavy (non-hydrogen) atoms. The Labute approximate surface area is 151 Å². The fraction of sp³-hybridized carbons (Fsp3) is 0.588. The molecule has 0 unspecified atom stereocenters. The second kappa shape index (κ2) is 6.67. The second-order valence-corrected chi connectivity index (χ2v) is 8.14. The van der Waals surface area contributed by atoms with Crippen LogP contribution in [0.15, 0.2) is 17.3 Å². The van der Waals surface area contributed by atoms with Gasteiger partial charge in [0, 0.05) is 26.2 Å². The van der Waals surface area contributed by atoms with Crippen LogP contribution in [-0.4, -0.2) is 60.3 Å². The quantitative estimate of drug-likeness (QED) is 0.606. The van der Waals surface area contributed by atoms with Crippen molar-refractivity contribution in [2.75, 3.05) is 37.7 Å². The van der Waals surface area contributed by atoms with Crippen molar-refractivity contribution in [1.29, 1.82) is 0 Å². The number of anilines is 1. The Bertz CT molecular complexity index is 702. The van der Waals surface area contributed by atoms with E-state index in [2.05, 4.69) is 9.88 Å². The summed E-state index contributed by atoms with van der Waals surface area (Å²) in [6.45, 7) is 10.4. The number of ether oxygens (including phenoxy) is 2. The molecular weight excluding hydrogens is 342 g/mol. The zero-order valence-corrected chi connectivity index (χ0v) is 15.8. The summed E-state index contributed by atoms with van der Waals surface area (Å²) in [5, 5.41) is 0.807. The summed E-state index contributed by atoms with van der Waals surface area (Å²) in [4.78, 5) is 32.7. The summed E-state index contributed by atoms with van der Waals surface area (Å²) in [5.41, 5.74) is 1.98. The minimum atomic E-state index is -0.486. The molecule has 0 fully saturated rings. The van der Waals surface area contributed by atoms with Crippen LogP contribution in [0.25, 0.3) is 0 Å². The largest absolute Gasteiger partial charge is 0.462 e. The van der Waals surface area contributed by atoms with E-state index < -0.39 is 5.60 Å². The van der Waals surface area contributed by atoms with Crippen LogP contribution in [0.2, 0.25) is 0 Å². The molecule has 1 amide bonds. The van der Waals surface area contributed by atoms with E-state index in [0.29, 0.717) is 24.6 Å². The maximum atomic E-state index is 12.2. The van der Waals surface area contributed by atoms with Crippen molar-refractivity contribution in [3.8, 4) is 0 Å². The molecule has 0 atom stereocenters. The highest BCUT2D eigenvalue weighted by molar-refractivity contribution is 7.17. The standard InChI is InChI=1S/C17H23N3O4S/c1-5-23-14(21)13-6-18-15(25-13)19-7-11-9-20(10-12(11)8-19)16(22)24-17(2,3)4/h6H,5,7-10H2,1-4H3. The van der Waals surface area contributed by atoms with Crippen LogP contribution in [-0.2, 0) is 9.47 Å². The van der Waals surface area contributed by atoms with Crippen LogP contribution in [0.5, 0.6) is 0 Å². The first kappa shape index (κ1) is 17.7. The van der Waals surface area contributed by atoms with Gasteiger partial charge in [-0.25, -0.2) is 14.6 Å². The predicted octanol–water partition coefficient (Wildman–Crippen LogP) is 2.69. The van der Waals surface area contributed by atoms with Gasteiger partial charge in [0.1, 0.15) is 10.5 Å². The Morgan fingerprint density at radius 1 is 1.20 bits per heavy atom. The number of amides is 1. The van der Waals surface area contributed by atoms with E-state index in [0.717, 1.165) is 18.2 Å². The zero-order chi connectivity index (χ0) is 18.2. The minimum absolute atomic E-state index is 0.271. The van der Waals surface area contributed by atoms with E-state index in [9.17, 15) is 9.59 Å². The molecule has 2 aliphatic rings. The highest BCUT2D eigenvalue weighted by Gasteiger charge is 2.35. The molecule has 0 N–H and O–H groups in total. The van der Waals surface area contributed by atoms with E-state index in [4.69, 9.17) is 9.47 Å². The van der Waals surface area contributed by atoms with Gasteiger partial charge in [0.15, 0.2) is 5.13 Å². The Morgan fingerprint density at radius 3 is 2.40 bits per heavy atom. The molecule has 0 saturated carbocycles. The van der Waals surface area contributed by atoms with Crippen LogP contribution in [0.1, 0.15) is 37.4 Å². The Balaban J connectivity index is 1.57. The third kappa shape index (κ3) is 3.95. The third-order valence-corrected chi connectivity index (χ3v) is 4.96. The summed E-state index contributed by atoms with van der Waals surface area (Å²) in [6.07, 6.45) is 1.29. The van der Waals surface area contributed by atoms with Gasteiger partial charge >= 0.3 is 12.1 Å². The van der Waals surface area contributed by atoms with Gasteiger partial charge in [0.2, 0.25) is 0 Å². The molecule has 1 aromatic heterocycles. The molecule has 0 aliphatic carbocycles. The molecule has 3 heterocycles. The summed E-state index contributed by atoms with van der Waals surface area (Å²) in [7, 11) is 0. The number of hydrogen-bond donors (Lipinski definition) is 0. The SMILES string of the molecule is CCOC(=O)c1cnc(N2CC3=C(CN(C(=O)OC(C)(C)C)C3)C2)s1. The number of rotatable bonds is 3. The summed E-state index contributed by atoms with van der Waals surface area (Å²) in [6, 6.07) is 0. The molecule has 136 valence electrons. The average molecular weight is 365 g/mol. The fourth-order valence-electron chi connectivity index (χ4n) is 2.88. The van der Waals surface area contributed by atoms with Crippen LogP contribution in [0, 0.1) is 0 Å². The number of esters is 1. The van der Waals surface area contributed by atoms with Crippen LogP contribution < -0.4 is 4.90 Å². The minimum Gasteiger partial charge on any atom is -0.462 e. The van der Waals surface area contributed by atoms with Crippen molar-refractivity contribution < 1.29 is 19.1 Å². The maximum absolute atomic E-state index is 12.2. The maximum Gasteiger partial charge on any atom is 0.410 e. The fourth-order valence-corrected chi connectivity index (χ4v) is 3.69. The van der Waals surface area contributed by atoms with Crippen molar-refractivity contribution in [1.82, 2.24) is 9.88 Å². The number of aromatic nitrogens is 1. The number of nitrogens with zero attached hydrogens (tertiary/aromatic N) is 3. The monoisotopic (exact) mass is 365 g/mol. The van der Waals surface area contributed by atoms with Gasteiger partial charge in [0.05, 0.1) is 12.8 Å². The number of carbonyl (C=O) groups is 2. The summed E-state index contributed by atoms with van der Waals surface area (Å²) < 4.78 is 10.4. The molecule has 7 nitrogen and oxygen atoms in total. The van der Waals surface area contributed by atoms with Crippen LogP contribution in [0.4, 0.5) is 9.93 Å². The first-order chi connectivity index (χ1) is 11.8. The normalized spacial score (nSPS) is 17.1. The zero-order valence-electron chi connectivity index (χ0n) is 15.0. The van der Waals surface area contributed by atoms with Crippen LogP contribution >= 0.6 is 11.3 Å². The van der Waals surface area contributed by atoms with Gasteiger partial charge in [-0.05, 0) is 38.8 Å². The average Bonchev–Trinajstić information content (AvgIpc) is 3.19. The molecular formula is C17H23N3O4S.